The van der Waals surface area contributed by atoms with Gasteiger partial charge in [0.1, 0.15) is 5.75 Å². The van der Waals surface area contributed by atoms with E-state index in [1.807, 2.05) is 48.5 Å². The molecular formula is C19H25N3O3. The van der Waals surface area contributed by atoms with Crippen molar-refractivity contribution in [1.29, 1.82) is 0 Å². The smallest absolute Gasteiger partial charge is 0.193 e. The first-order valence-electron chi connectivity index (χ1n) is 8.09. The molecule has 3 N–H and O–H groups in total. The minimum Gasteiger partial charge on any atom is -0.497 e. The summed E-state index contributed by atoms with van der Waals surface area (Å²) in [6.45, 7) is 3.13. The summed E-state index contributed by atoms with van der Waals surface area (Å²) >= 11 is 0. The van der Waals surface area contributed by atoms with Crippen molar-refractivity contribution in [1.82, 2.24) is 0 Å². The van der Waals surface area contributed by atoms with E-state index in [-0.39, 0.29) is 5.92 Å². The van der Waals surface area contributed by atoms with Crippen LogP contribution in [0.5, 0.6) is 17.2 Å². The first kappa shape index (κ1) is 18.4. The van der Waals surface area contributed by atoms with Crippen molar-refractivity contribution in [3.8, 4) is 17.2 Å². The van der Waals surface area contributed by atoms with Crippen LogP contribution in [-0.2, 0) is 0 Å². The molecule has 2 aromatic rings. The molecule has 2 rings (SSSR count). The fourth-order valence-electron chi connectivity index (χ4n) is 2.17. The number of benzene rings is 2. The van der Waals surface area contributed by atoms with Gasteiger partial charge in [-0.2, -0.15) is 0 Å². The van der Waals surface area contributed by atoms with Gasteiger partial charge < -0.3 is 25.3 Å². The normalized spacial score (nSPS) is 12.4. The predicted molar refractivity (Wildman–Crippen MR) is 101 cm³/mol. The highest BCUT2D eigenvalue weighted by molar-refractivity contribution is 5.92. The molecule has 0 saturated heterocycles. The molecule has 1 atom stereocenters. The van der Waals surface area contributed by atoms with Crippen LogP contribution in [0.1, 0.15) is 6.92 Å². The van der Waals surface area contributed by atoms with Crippen LogP contribution in [0.15, 0.2) is 53.5 Å². The Morgan fingerprint density at radius 1 is 1.08 bits per heavy atom. The third-order valence-corrected chi connectivity index (χ3v) is 3.51. The van der Waals surface area contributed by atoms with Crippen LogP contribution in [0.25, 0.3) is 0 Å². The van der Waals surface area contributed by atoms with E-state index in [1.54, 1.807) is 14.2 Å². The number of anilines is 1. The van der Waals surface area contributed by atoms with Crippen LogP contribution in [0, 0.1) is 5.92 Å². The van der Waals surface area contributed by atoms with Gasteiger partial charge in [-0.05, 0) is 24.3 Å². The van der Waals surface area contributed by atoms with Crippen molar-refractivity contribution in [3.05, 3.63) is 48.5 Å². The number of nitrogens with two attached hydrogens (primary N) is 1. The number of aliphatic imine (C=N–C) groups is 1. The molecule has 0 aliphatic heterocycles. The van der Waals surface area contributed by atoms with E-state index in [2.05, 4.69) is 17.2 Å². The van der Waals surface area contributed by atoms with Gasteiger partial charge in [0, 0.05) is 24.2 Å². The lowest BCUT2D eigenvalue weighted by atomic mass is 10.2. The summed E-state index contributed by atoms with van der Waals surface area (Å²) < 4.78 is 16.2. The second-order valence-electron chi connectivity index (χ2n) is 5.65. The molecule has 134 valence electrons. The Morgan fingerprint density at radius 3 is 2.56 bits per heavy atom. The second-order valence-corrected chi connectivity index (χ2v) is 5.65. The predicted octanol–water partition coefficient (Wildman–Crippen LogP) is 3.15. The number of methoxy groups -OCH3 is 2. The molecule has 0 bridgehead atoms. The van der Waals surface area contributed by atoms with Gasteiger partial charge in [0.25, 0.3) is 0 Å². The van der Waals surface area contributed by atoms with Gasteiger partial charge >= 0.3 is 0 Å². The molecule has 0 aliphatic carbocycles. The summed E-state index contributed by atoms with van der Waals surface area (Å²) in [6.07, 6.45) is 0. The molecule has 0 aliphatic rings. The molecule has 0 spiro atoms. The molecule has 25 heavy (non-hydrogen) atoms. The fraction of sp³-hybridized carbons (Fsp3) is 0.316. The summed E-state index contributed by atoms with van der Waals surface area (Å²) in [7, 11) is 3.25. The Hall–Kier alpha value is -2.89. The lowest BCUT2D eigenvalue weighted by molar-refractivity contribution is 0.251. The van der Waals surface area contributed by atoms with Crippen molar-refractivity contribution < 1.29 is 14.2 Å². The molecule has 1 unspecified atom stereocenters. The van der Waals surface area contributed by atoms with E-state index < -0.39 is 0 Å². The molecule has 0 fully saturated rings. The van der Waals surface area contributed by atoms with E-state index >= 15 is 0 Å². The third kappa shape index (κ3) is 5.91. The zero-order valence-corrected chi connectivity index (χ0v) is 14.9. The molecule has 0 aromatic heterocycles. The summed E-state index contributed by atoms with van der Waals surface area (Å²) in [5.74, 6) is 2.77. The van der Waals surface area contributed by atoms with Crippen molar-refractivity contribution in [3.63, 3.8) is 0 Å². The maximum Gasteiger partial charge on any atom is 0.193 e. The van der Waals surface area contributed by atoms with Crippen LogP contribution in [-0.4, -0.2) is 33.3 Å². The average Bonchev–Trinajstić information content (AvgIpc) is 2.65. The largest absolute Gasteiger partial charge is 0.497 e. The molecule has 2 aromatic carbocycles. The van der Waals surface area contributed by atoms with Crippen LogP contribution in [0.4, 0.5) is 5.69 Å². The lowest BCUT2D eigenvalue weighted by Gasteiger charge is -2.14. The summed E-state index contributed by atoms with van der Waals surface area (Å²) in [5.41, 5.74) is 6.77. The fourth-order valence-corrected chi connectivity index (χ4v) is 2.17. The van der Waals surface area contributed by atoms with Gasteiger partial charge in [-0.3, -0.25) is 4.99 Å². The zero-order valence-electron chi connectivity index (χ0n) is 14.9. The standard InChI is InChI=1S/C19H25N3O3/c1-14(13-25-18-10-5-4-9-17(18)24-3)12-21-19(20)22-15-7-6-8-16(11-15)23-2/h4-11,14H,12-13H2,1-3H3,(H3,20,21,22). The van der Waals surface area contributed by atoms with Crippen LogP contribution < -0.4 is 25.3 Å². The Labute approximate surface area is 148 Å². The molecule has 0 heterocycles. The Balaban J connectivity index is 1.83. The van der Waals surface area contributed by atoms with E-state index in [9.17, 15) is 0 Å². The number of nitrogens with one attached hydrogen (secondary N) is 1. The van der Waals surface area contributed by atoms with Crippen LogP contribution >= 0.6 is 0 Å². The number of ether oxygens (including phenoxy) is 3. The maximum atomic E-state index is 5.94. The van der Waals surface area contributed by atoms with Crippen molar-refractivity contribution in [2.24, 2.45) is 16.6 Å². The second kappa shape index (κ2) is 9.42. The number of guanidine groups is 1. The minimum absolute atomic E-state index is 0.204. The molecule has 0 saturated carbocycles. The quantitative estimate of drug-likeness (QED) is 0.569. The van der Waals surface area contributed by atoms with E-state index in [0.717, 1.165) is 22.9 Å². The van der Waals surface area contributed by atoms with Gasteiger partial charge in [-0.1, -0.05) is 25.1 Å². The highest BCUT2D eigenvalue weighted by atomic mass is 16.5. The summed E-state index contributed by atoms with van der Waals surface area (Å²) in [6, 6.07) is 15.1. The zero-order chi connectivity index (χ0) is 18.1. The SMILES string of the molecule is COc1cccc(NC(N)=NCC(C)COc2ccccc2OC)c1. The molecule has 6 heteroatoms. The van der Waals surface area contributed by atoms with E-state index in [1.165, 1.54) is 0 Å². The molecule has 0 amide bonds. The van der Waals surface area contributed by atoms with Gasteiger partial charge in [-0.25, -0.2) is 0 Å². The Kier molecular flexibility index (Phi) is 6.95. The van der Waals surface area contributed by atoms with E-state index in [4.69, 9.17) is 19.9 Å². The van der Waals surface area contributed by atoms with Gasteiger partial charge in [0.2, 0.25) is 0 Å². The number of nitrogens with zero attached hydrogens (tertiary/aromatic N) is 1. The van der Waals surface area contributed by atoms with Crippen molar-refractivity contribution in [2.45, 2.75) is 6.92 Å². The topological polar surface area (TPSA) is 78.1 Å². The van der Waals surface area contributed by atoms with E-state index in [0.29, 0.717) is 19.1 Å². The van der Waals surface area contributed by atoms with Crippen LogP contribution in [0.3, 0.4) is 0 Å². The first-order chi connectivity index (χ1) is 12.1. The minimum atomic E-state index is 0.204. The van der Waals surface area contributed by atoms with Gasteiger partial charge in [0.05, 0.1) is 20.8 Å². The number of para-hydroxylation sites is 2. The molecular weight excluding hydrogens is 318 g/mol. The van der Waals surface area contributed by atoms with Gasteiger partial charge in [0.15, 0.2) is 17.5 Å². The third-order valence-electron chi connectivity index (χ3n) is 3.51. The van der Waals surface area contributed by atoms with Crippen LogP contribution in [0.2, 0.25) is 0 Å². The Bertz CT molecular complexity index is 704. The lowest BCUT2D eigenvalue weighted by Crippen LogP contribution is -2.24. The summed E-state index contributed by atoms with van der Waals surface area (Å²) in [5, 5.41) is 3.05. The van der Waals surface area contributed by atoms with Crippen molar-refractivity contribution in [2.75, 3.05) is 32.7 Å². The first-order valence-corrected chi connectivity index (χ1v) is 8.09. The number of rotatable bonds is 8. The molecule has 0 radical (unpaired) electrons. The monoisotopic (exact) mass is 343 g/mol. The van der Waals surface area contributed by atoms with Gasteiger partial charge in [-0.15, -0.1) is 0 Å². The Morgan fingerprint density at radius 2 is 1.84 bits per heavy atom. The average molecular weight is 343 g/mol. The summed E-state index contributed by atoms with van der Waals surface area (Å²) in [4.78, 5) is 4.36. The maximum absolute atomic E-state index is 5.94. The highest BCUT2D eigenvalue weighted by Gasteiger charge is 2.07. The van der Waals surface area contributed by atoms with Crippen molar-refractivity contribution >= 4 is 11.6 Å². The highest BCUT2D eigenvalue weighted by Crippen LogP contribution is 2.26. The molecule has 6 nitrogen and oxygen atoms in total. The number of hydrogen-bond acceptors (Lipinski definition) is 4. The number of hydrogen-bond donors (Lipinski definition) is 2.